The van der Waals surface area contributed by atoms with Crippen molar-refractivity contribution in [3.63, 3.8) is 0 Å². The van der Waals surface area contributed by atoms with E-state index in [-0.39, 0.29) is 12.0 Å². The Morgan fingerprint density at radius 3 is 2.90 bits per heavy atom. The van der Waals surface area contributed by atoms with Crippen LogP contribution in [0.5, 0.6) is 0 Å². The van der Waals surface area contributed by atoms with Crippen molar-refractivity contribution in [1.29, 1.82) is 0 Å². The second-order valence-corrected chi connectivity index (χ2v) is 2.21. The lowest BCUT2D eigenvalue weighted by Gasteiger charge is -2.00. The van der Waals surface area contributed by atoms with Crippen molar-refractivity contribution >= 4 is 5.97 Å². The molecule has 1 saturated heterocycles. The molecule has 10 heavy (non-hydrogen) atoms. The molecule has 0 bridgehead atoms. The van der Waals surface area contributed by atoms with E-state index < -0.39 is 0 Å². The molecule has 0 saturated carbocycles. The highest BCUT2D eigenvalue weighted by Crippen LogP contribution is 2.09. The van der Waals surface area contributed by atoms with Crippen molar-refractivity contribution in [2.45, 2.75) is 13.0 Å². The summed E-state index contributed by atoms with van der Waals surface area (Å²) in [7, 11) is 0. The maximum absolute atomic E-state index is 10.9. The van der Waals surface area contributed by atoms with E-state index in [0.29, 0.717) is 12.2 Å². The fourth-order valence-electron chi connectivity index (χ4n) is 0.671. The van der Waals surface area contributed by atoms with Gasteiger partial charge in [0.15, 0.2) is 0 Å². The number of nitrogens with one attached hydrogen (secondary N) is 1. The maximum atomic E-state index is 10.9. The van der Waals surface area contributed by atoms with Gasteiger partial charge in [0.05, 0.1) is 12.6 Å². The molecule has 3 nitrogen and oxygen atoms in total. The zero-order chi connectivity index (χ0) is 7.56. The first-order chi connectivity index (χ1) is 4.75. The van der Waals surface area contributed by atoms with Crippen molar-refractivity contribution in [2.24, 2.45) is 0 Å². The minimum absolute atomic E-state index is 0.180. The summed E-state index contributed by atoms with van der Waals surface area (Å²) in [5.74, 6) is -0.280. The Labute approximate surface area is 60.1 Å². The molecule has 3 heteroatoms. The van der Waals surface area contributed by atoms with Gasteiger partial charge in [0.2, 0.25) is 0 Å². The van der Waals surface area contributed by atoms with Gasteiger partial charge in [0, 0.05) is 12.1 Å². The van der Waals surface area contributed by atoms with Gasteiger partial charge in [0.25, 0.3) is 0 Å². The maximum Gasteiger partial charge on any atom is 0.335 e. The van der Waals surface area contributed by atoms with Gasteiger partial charge >= 0.3 is 5.97 Å². The van der Waals surface area contributed by atoms with Crippen LogP contribution in [0.2, 0.25) is 0 Å². The van der Waals surface area contributed by atoms with Gasteiger partial charge in [-0.05, 0) is 6.92 Å². The third-order valence-corrected chi connectivity index (χ3v) is 1.37. The Morgan fingerprint density at radius 1 is 1.90 bits per heavy atom. The molecule has 1 rings (SSSR count). The van der Waals surface area contributed by atoms with Crippen molar-refractivity contribution in [3.05, 3.63) is 12.2 Å². The quantitative estimate of drug-likeness (QED) is 0.344. The Morgan fingerprint density at radius 2 is 2.50 bits per heavy atom. The SMILES string of the molecule is C=C(C(=O)OCC)C1CN1. The summed E-state index contributed by atoms with van der Waals surface area (Å²) in [5.41, 5.74) is 0.543. The van der Waals surface area contributed by atoms with Crippen LogP contribution in [0.3, 0.4) is 0 Å². The minimum Gasteiger partial charge on any atom is -0.463 e. The number of ether oxygens (including phenoxy) is 1. The fraction of sp³-hybridized carbons (Fsp3) is 0.571. The minimum atomic E-state index is -0.280. The molecule has 0 aromatic rings. The van der Waals surface area contributed by atoms with Crippen LogP contribution in [0, 0.1) is 0 Å². The van der Waals surface area contributed by atoms with Gasteiger partial charge in [-0.1, -0.05) is 6.58 Å². The molecule has 0 amide bonds. The van der Waals surface area contributed by atoms with Crippen molar-refractivity contribution < 1.29 is 9.53 Å². The molecular formula is C7H11NO2. The molecule has 1 fully saturated rings. The lowest BCUT2D eigenvalue weighted by Crippen LogP contribution is -2.12. The van der Waals surface area contributed by atoms with Crippen LogP contribution in [-0.2, 0) is 9.53 Å². The molecule has 0 aromatic heterocycles. The lowest BCUT2D eigenvalue weighted by molar-refractivity contribution is -0.138. The topological polar surface area (TPSA) is 48.2 Å². The third kappa shape index (κ3) is 1.57. The molecule has 1 unspecified atom stereocenters. The molecule has 0 aliphatic carbocycles. The number of carbonyl (C=O) groups excluding carboxylic acids is 1. The lowest BCUT2D eigenvalue weighted by atomic mass is 10.2. The van der Waals surface area contributed by atoms with Gasteiger partial charge in [0.1, 0.15) is 0 Å². The highest BCUT2D eigenvalue weighted by molar-refractivity contribution is 5.89. The van der Waals surface area contributed by atoms with E-state index in [9.17, 15) is 4.79 Å². The summed E-state index contributed by atoms with van der Waals surface area (Å²) in [6, 6.07) is 0.180. The standard InChI is InChI=1S/C7H11NO2/c1-3-10-7(9)5(2)6-4-8-6/h6,8H,2-4H2,1H3. The molecule has 1 aliphatic heterocycles. The van der Waals surface area contributed by atoms with Crippen LogP contribution in [0.4, 0.5) is 0 Å². The van der Waals surface area contributed by atoms with Crippen LogP contribution in [0.1, 0.15) is 6.92 Å². The highest BCUT2D eigenvalue weighted by atomic mass is 16.5. The van der Waals surface area contributed by atoms with Crippen LogP contribution in [0.25, 0.3) is 0 Å². The molecule has 1 N–H and O–H groups in total. The first kappa shape index (κ1) is 7.28. The Kier molecular flexibility index (Phi) is 2.06. The van der Waals surface area contributed by atoms with Crippen molar-refractivity contribution in [1.82, 2.24) is 5.32 Å². The summed E-state index contributed by atoms with van der Waals surface area (Å²) in [4.78, 5) is 10.9. The molecule has 0 spiro atoms. The number of hydrogen-bond donors (Lipinski definition) is 1. The summed E-state index contributed by atoms with van der Waals surface area (Å²) in [6.45, 7) is 6.66. The number of hydrogen-bond acceptors (Lipinski definition) is 3. The second-order valence-electron chi connectivity index (χ2n) is 2.21. The molecular weight excluding hydrogens is 130 g/mol. The monoisotopic (exact) mass is 141 g/mol. The average molecular weight is 141 g/mol. The predicted molar refractivity (Wildman–Crippen MR) is 37.6 cm³/mol. The highest BCUT2D eigenvalue weighted by Gasteiger charge is 2.28. The summed E-state index contributed by atoms with van der Waals surface area (Å²) in [5, 5.41) is 2.97. The Bertz CT molecular complexity index is 161. The number of esters is 1. The second kappa shape index (κ2) is 2.84. The first-order valence-electron chi connectivity index (χ1n) is 3.35. The normalized spacial score (nSPS) is 21.9. The van der Waals surface area contributed by atoms with Crippen LogP contribution < -0.4 is 5.32 Å². The van der Waals surface area contributed by atoms with Gasteiger partial charge in [-0.3, -0.25) is 0 Å². The van der Waals surface area contributed by atoms with Crippen LogP contribution in [0.15, 0.2) is 12.2 Å². The molecule has 56 valence electrons. The van der Waals surface area contributed by atoms with Crippen LogP contribution >= 0.6 is 0 Å². The zero-order valence-corrected chi connectivity index (χ0v) is 6.02. The van der Waals surface area contributed by atoms with E-state index in [0.717, 1.165) is 6.54 Å². The Balaban J connectivity index is 2.32. The molecule has 1 aliphatic rings. The number of carbonyl (C=O) groups is 1. The summed E-state index contributed by atoms with van der Waals surface area (Å²) >= 11 is 0. The molecule has 0 radical (unpaired) electrons. The zero-order valence-electron chi connectivity index (χ0n) is 6.02. The van der Waals surface area contributed by atoms with Crippen molar-refractivity contribution in [3.8, 4) is 0 Å². The largest absolute Gasteiger partial charge is 0.463 e. The van der Waals surface area contributed by atoms with E-state index in [1.165, 1.54) is 0 Å². The van der Waals surface area contributed by atoms with Gasteiger partial charge in [-0.15, -0.1) is 0 Å². The molecule has 0 aromatic carbocycles. The van der Waals surface area contributed by atoms with Gasteiger partial charge < -0.3 is 10.1 Å². The molecule has 1 heterocycles. The van der Waals surface area contributed by atoms with E-state index in [2.05, 4.69) is 11.9 Å². The van der Waals surface area contributed by atoms with Gasteiger partial charge in [-0.2, -0.15) is 0 Å². The fourth-order valence-corrected chi connectivity index (χ4v) is 0.671. The van der Waals surface area contributed by atoms with E-state index >= 15 is 0 Å². The van der Waals surface area contributed by atoms with E-state index in [4.69, 9.17) is 4.74 Å². The molecule has 1 atom stereocenters. The van der Waals surface area contributed by atoms with Gasteiger partial charge in [-0.25, -0.2) is 4.79 Å². The van der Waals surface area contributed by atoms with Crippen LogP contribution in [-0.4, -0.2) is 25.2 Å². The predicted octanol–water partition coefficient (Wildman–Crippen LogP) is 0.0775. The third-order valence-electron chi connectivity index (χ3n) is 1.37. The van der Waals surface area contributed by atoms with E-state index in [1.807, 2.05) is 0 Å². The summed E-state index contributed by atoms with van der Waals surface area (Å²) < 4.78 is 4.73. The smallest absolute Gasteiger partial charge is 0.335 e. The average Bonchev–Trinajstić information content (AvgIpc) is 2.68. The van der Waals surface area contributed by atoms with Crippen molar-refractivity contribution in [2.75, 3.05) is 13.2 Å². The summed E-state index contributed by atoms with van der Waals surface area (Å²) in [6.07, 6.45) is 0. The first-order valence-corrected chi connectivity index (χ1v) is 3.35. The Hall–Kier alpha value is -0.830. The number of rotatable bonds is 3. The van der Waals surface area contributed by atoms with E-state index in [1.54, 1.807) is 6.92 Å².